The molecule has 6 nitrogen and oxygen atoms in total. The van der Waals surface area contributed by atoms with Gasteiger partial charge in [-0.25, -0.2) is 18.4 Å². The van der Waals surface area contributed by atoms with Gasteiger partial charge in [0.2, 0.25) is 15.8 Å². The highest BCUT2D eigenvalue weighted by molar-refractivity contribution is 7.91. The summed E-state index contributed by atoms with van der Waals surface area (Å²) in [6.07, 6.45) is 3.58. The summed E-state index contributed by atoms with van der Waals surface area (Å²) in [7, 11) is -3.57. The maximum atomic E-state index is 12.5. The Labute approximate surface area is 167 Å². The molecule has 0 aliphatic heterocycles. The van der Waals surface area contributed by atoms with Crippen molar-refractivity contribution in [1.82, 2.24) is 14.4 Å². The highest BCUT2D eigenvalue weighted by atomic mass is 35.5. The molecule has 4 aromatic rings. The lowest BCUT2D eigenvalue weighted by Crippen LogP contribution is -2.15. The van der Waals surface area contributed by atoms with Gasteiger partial charge in [0.15, 0.2) is 0 Å². The average molecular weight is 413 g/mol. The van der Waals surface area contributed by atoms with Crippen LogP contribution in [0.15, 0.2) is 67.0 Å². The van der Waals surface area contributed by atoms with Crippen LogP contribution in [-0.4, -0.2) is 22.8 Å². The molecule has 0 amide bonds. The molecular formula is C20H17ClN4O2S. The van der Waals surface area contributed by atoms with Crippen LogP contribution in [0.3, 0.4) is 0 Å². The van der Waals surface area contributed by atoms with Crippen molar-refractivity contribution in [3.05, 3.63) is 83.3 Å². The van der Waals surface area contributed by atoms with Gasteiger partial charge >= 0.3 is 0 Å². The van der Waals surface area contributed by atoms with Crippen LogP contribution in [-0.2, 0) is 15.8 Å². The molecule has 2 aromatic heterocycles. The molecule has 0 fully saturated rings. The van der Waals surface area contributed by atoms with E-state index in [9.17, 15) is 8.42 Å². The number of sulfonamides is 1. The second-order valence-corrected chi connectivity index (χ2v) is 8.56. The Kier molecular flexibility index (Phi) is 4.78. The highest BCUT2D eigenvalue weighted by Crippen LogP contribution is 2.26. The number of rotatable bonds is 5. The summed E-state index contributed by atoms with van der Waals surface area (Å²) >= 11 is 5.85. The number of halogens is 1. The van der Waals surface area contributed by atoms with E-state index in [-0.39, 0.29) is 5.75 Å². The molecular weight excluding hydrogens is 396 g/mol. The number of fused-ring (bicyclic) bond motifs is 1. The van der Waals surface area contributed by atoms with E-state index in [1.165, 1.54) is 0 Å². The van der Waals surface area contributed by atoms with Crippen molar-refractivity contribution in [2.75, 3.05) is 4.72 Å². The first-order valence-electron chi connectivity index (χ1n) is 8.56. The molecule has 0 saturated carbocycles. The zero-order chi connectivity index (χ0) is 19.7. The Morgan fingerprint density at radius 3 is 2.64 bits per heavy atom. The summed E-state index contributed by atoms with van der Waals surface area (Å²) in [6.45, 7) is 1.95. The van der Waals surface area contributed by atoms with Crippen molar-refractivity contribution in [1.29, 1.82) is 0 Å². The minimum Gasteiger partial charge on any atom is -0.288 e. The summed E-state index contributed by atoms with van der Waals surface area (Å²) in [5.74, 6) is 0.467. The molecule has 0 aliphatic rings. The van der Waals surface area contributed by atoms with E-state index in [4.69, 9.17) is 11.6 Å². The first-order valence-corrected chi connectivity index (χ1v) is 10.6. The van der Waals surface area contributed by atoms with Crippen molar-refractivity contribution in [3.8, 4) is 11.3 Å². The van der Waals surface area contributed by atoms with Gasteiger partial charge in [-0.05, 0) is 42.8 Å². The van der Waals surface area contributed by atoms with Crippen molar-refractivity contribution in [2.24, 2.45) is 0 Å². The molecule has 4 rings (SSSR count). The SMILES string of the molecule is Cc1c(-c2cccc(NS(=O)(=O)Cc3ccc(Cl)cc3)c2)nc2ncccn12. The van der Waals surface area contributed by atoms with Gasteiger partial charge in [0.1, 0.15) is 0 Å². The lowest BCUT2D eigenvalue weighted by molar-refractivity contribution is 0.600. The van der Waals surface area contributed by atoms with E-state index in [0.717, 1.165) is 17.0 Å². The molecule has 142 valence electrons. The fraction of sp³-hybridized carbons (Fsp3) is 0.100. The van der Waals surface area contributed by atoms with Crippen LogP contribution in [0.4, 0.5) is 5.69 Å². The van der Waals surface area contributed by atoms with Crippen LogP contribution in [0.2, 0.25) is 5.02 Å². The van der Waals surface area contributed by atoms with Gasteiger partial charge in [0, 0.05) is 34.4 Å². The fourth-order valence-corrected chi connectivity index (χ4v) is 4.34. The van der Waals surface area contributed by atoms with Crippen LogP contribution in [0.5, 0.6) is 0 Å². The van der Waals surface area contributed by atoms with Gasteiger partial charge < -0.3 is 0 Å². The monoisotopic (exact) mass is 412 g/mol. The Balaban J connectivity index is 1.61. The normalized spacial score (nSPS) is 11.6. The van der Waals surface area contributed by atoms with E-state index < -0.39 is 10.0 Å². The molecule has 0 aliphatic carbocycles. The lowest BCUT2D eigenvalue weighted by Gasteiger charge is -2.09. The number of hydrogen-bond donors (Lipinski definition) is 1. The molecule has 0 spiro atoms. The van der Waals surface area contributed by atoms with Crippen LogP contribution < -0.4 is 4.72 Å². The van der Waals surface area contributed by atoms with Gasteiger partial charge in [-0.15, -0.1) is 0 Å². The Morgan fingerprint density at radius 1 is 1.11 bits per heavy atom. The molecule has 2 aromatic carbocycles. The summed E-state index contributed by atoms with van der Waals surface area (Å²) in [4.78, 5) is 8.81. The molecule has 0 bridgehead atoms. The summed E-state index contributed by atoms with van der Waals surface area (Å²) < 4.78 is 29.6. The molecule has 1 N–H and O–H groups in total. The van der Waals surface area contributed by atoms with Crippen LogP contribution in [0.25, 0.3) is 17.0 Å². The van der Waals surface area contributed by atoms with Gasteiger partial charge in [-0.1, -0.05) is 35.9 Å². The number of anilines is 1. The molecule has 0 radical (unpaired) electrons. The molecule has 0 atom stereocenters. The number of nitrogens with zero attached hydrogens (tertiary/aromatic N) is 3. The van der Waals surface area contributed by atoms with E-state index in [0.29, 0.717) is 22.1 Å². The van der Waals surface area contributed by atoms with E-state index >= 15 is 0 Å². The smallest absolute Gasteiger partial charge is 0.236 e. The van der Waals surface area contributed by atoms with Gasteiger partial charge in [0.25, 0.3) is 0 Å². The fourth-order valence-electron chi connectivity index (χ4n) is 3.02. The van der Waals surface area contributed by atoms with Crippen molar-refractivity contribution >= 4 is 33.1 Å². The number of imidazole rings is 1. The number of hydrogen-bond acceptors (Lipinski definition) is 4. The maximum Gasteiger partial charge on any atom is 0.236 e. The zero-order valence-electron chi connectivity index (χ0n) is 15.0. The second-order valence-electron chi connectivity index (χ2n) is 6.40. The number of aryl methyl sites for hydroxylation is 1. The third-order valence-electron chi connectivity index (χ3n) is 4.32. The van der Waals surface area contributed by atoms with Crippen LogP contribution in [0, 0.1) is 6.92 Å². The first kappa shape index (κ1) is 18.5. The summed E-state index contributed by atoms with van der Waals surface area (Å²) in [5, 5.41) is 0.569. The quantitative estimate of drug-likeness (QED) is 0.530. The Bertz CT molecular complexity index is 1250. The van der Waals surface area contributed by atoms with E-state index in [1.54, 1.807) is 48.7 Å². The van der Waals surface area contributed by atoms with E-state index in [1.807, 2.05) is 29.7 Å². The first-order chi connectivity index (χ1) is 13.4. The summed E-state index contributed by atoms with van der Waals surface area (Å²) in [6, 6.07) is 15.8. The van der Waals surface area contributed by atoms with Gasteiger partial charge in [0.05, 0.1) is 11.4 Å². The Hall–Kier alpha value is -2.90. The standard InChI is InChI=1S/C20H17ClN4O2S/c1-14-19(23-20-22-10-3-11-25(14)20)16-4-2-5-18(12-16)24-28(26,27)13-15-6-8-17(21)9-7-15/h2-12,24H,13H2,1H3. The molecule has 2 heterocycles. The molecule has 0 unspecified atom stereocenters. The van der Waals surface area contributed by atoms with Crippen molar-refractivity contribution in [3.63, 3.8) is 0 Å². The molecule has 8 heteroatoms. The number of nitrogens with one attached hydrogen (secondary N) is 1. The molecule has 28 heavy (non-hydrogen) atoms. The van der Waals surface area contributed by atoms with Crippen molar-refractivity contribution in [2.45, 2.75) is 12.7 Å². The lowest BCUT2D eigenvalue weighted by atomic mass is 10.1. The van der Waals surface area contributed by atoms with E-state index in [2.05, 4.69) is 14.7 Å². The summed E-state index contributed by atoms with van der Waals surface area (Å²) in [5.41, 5.74) is 3.66. The minimum absolute atomic E-state index is 0.133. The predicted octanol–water partition coefficient (Wildman–Crippen LogP) is 4.30. The third-order valence-corrected chi connectivity index (χ3v) is 5.83. The third kappa shape index (κ3) is 3.85. The van der Waals surface area contributed by atoms with Crippen LogP contribution in [0.1, 0.15) is 11.3 Å². The number of benzene rings is 2. The number of aromatic nitrogens is 3. The van der Waals surface area contributed by atoms with Crippen LogP contribution >= 0.6 is 11.6 Å². The Morgan fingerprint density at radius 2 is 1.89 bits per heavy atom. The van der Waals surface area contributed by atoms with Crippen molar-refractivity contribution < 1.29 is 8.42 Å². The van der Waals surface area contributed by atoms with Gasteiger partial charge in [-0.3, -0.25) is 9.12 Å². The highest BCUT2D eigenvalue weighted by Gasteiger charge is 2.14. The average Bonchev–Trinajstić information content (AvgIpc) is 3.00. The molecule has 0 saturated heterocycles. The van der Waals surface area contributed by atoms with Gasteiger partial charge in [-0.2, -0.15) is 0 Å². The largest absolute Gasteiger partial charge is 0.288 e. The predicted molar refractivity (Wildman–Crippen MR) is 111 cm³/mol. The second kappa shape index (κ2) is 7.26. The maximum absolute atomic E-state index is 12.5. The zero-order valence-corrected chi connectivity index (χ0v) is 16.6. The minimum atomic E-state index is -3.57. The topological polar surface area (TPSA) is 76.4 Å².